The van der Waals surface area contributed by atoms with Crippen LogP contribution < -0.4 is 5.32 Å². The summed E-state index contributed by atoms with van der Waals surface area (Å²) >= 11 is 0. The van der Waals surface area contributed by atoms with Crippen LogP contribution in [0.3, 0.4) is 0 Å². The van der Waals surface area contributed by atoms with E-state index in [1.54, 1.807) is 12.1 Å². The Labute approximate surface area is 150 Å². The molecule has 4 N–H and O–H groups in total. The van der Waals surface area contributed by atoms with E-state index >= 15 is 0 Å². The molecule has 1 saturated heterocycles. The van der Waals surface area contributed by atoms with Gasteiger partial charge in [0.15, 0.2) is 0 Å². The van der Waals surface area contributed by atoms with Crippen LogP contribution in [0, 0.1) is 11.7 Å². The Bertz CT molecular complexity index is 749. The van der Waals surface area contributed by atoms with Crippen LogP contribution in [0.25, 0.3) is 0 Å². The zero-order valence-corrected chi connectivity index (χ0v) is 14.2. The number of nitrogens with one attached hydrogen (secondary N) is 1. The first-order chi connectivity index (χ1) is 12.3. The highest BCUT2D eigenvalue weighted by molar-refractivity contribution is 5.95. The van der Waals surface area contributed by atoms with Crippen molar-refractivity contribution in [2.75, 3.05) is 0 Å². The predicted molar refractivity (Wildman–Crippen MR) is 90.9 cm³/mol. The van der Waals surface area contributed by atoms with Gasteiger partial charge in [-0.2, -0.15) is 0 Å². The zero-order chi connectivity index (χ0) is 18.9. The van der Waals surface area contributed by atoms with Gasteiger partial charge in [0.25, 0.3) is 0 Å². The van der Waals surface area contributed by atoms with Crippen molar-refractivity contribution < 1.29 is 29.3 Å². The summed E-state index contributed by atoms with van der Waals surface area (Å²) < 4.78 is 13.4. The lowest BCUT2D eigenvalue weighted by molar-refractivity contribution is -0.135. The van der Waals surface area contributed by atoms with Crippen LogP contribution in [0.1, 0.15) is 43.8 Å². The Balaban J connectivity index is 1.70. The molecule has 1 aromatic carbocycles. The SMILES string of the molecule is O=C(O)/C=C(\C(=O)O)C1CCC2(CC[C@H]([C@@H](O)c3cccc(F)c3)N2)C1. The second-order valence-electron chi connectivity index (χ2n) is 7.25. The first-order valence-electron chi connectivity index (χ1n) is 8.69. The molecule has 4 atom stereocenters. The van der Waals surface area contributed by atoms with E-state index in [4.69, 9.17) is 5.11 Å². The van der Waals surface area contributed by atoms with Crippen LogP contribution in [-0.4, -0.2) is 38.8 Å². The number of hydrogen-bond acceptors (Lipinski definition) is 4. The Kier molecular flexibility index (Phi) is 5.11. The van der Waals surface area contributed by atoms with Gasteiger partial charge in [0.05, 0.1) is 6.10 Å². The average Bonchev–Trinajstić information content (AvgIpc) is 3.19. The smallest absolute Gasteiger partial charge is 0.332 e. The third-order valence-electron chi connectivity index (χ3n) is 5.57. The fourth-order valence-corrected chi connectivity index (χ4v) is 4.37. The van der Waals surface area contributed by atoms with Gasteiger partial charge in [-0.1, -0.05) is 12.1 Å². The number of halogens is 1. The number of aliphatic carboxylic acids is 2. The first-order valence-corrected chi connectivity index (χ1v) is 8.69. The van der Waals surface area contributed by atoms with Gasteiger partial charge in [0.2, 0.25) is 0 Å². The van der Waals surface area contributed by atoms with Gasteiger partial charge in [0, 0.05) is 23.2 Å². The summed E-state index contributed by atoms with van der Waals surface area (Å²) in [5, 5.41) is 32.2. The molecule has 0 bridgehead atoms. The normalized spacial score (nSPS) is 29.8. The van der Waals surface area contributed by atoms with E-state index in [1.165, 1.54) is 12.1 Å². The van der Waals surface area contributed by atoms with E-state index in [9.17, 15) is 24.2 Å². The summed E-state index contributed by atoms with van der Waals surface area (Å²) in [4.78, 5) is 22.3. The van der Waals surface area contributed by atoms with Crippen molar-refractivity contribution in [2.45, 2.75) is 49.8 Å². The molecule has 1 spiro atoms. The molecule has 1 aromatic rings. The third kappa shape index (κ3) is 3.78. The lowest BCUT2D eigenvalue weighted by Crippen LogP contribution is -2.43. The quantitative estimate of drug-likeness (QED) is 0.598. The zero-order valence-electron chi connectivity index (χ0n) is 14.2. The second-order valence-corrected chi connectivity index (χ2v) is 7.25. The molecule has 6 nitrogen and oxygen atoms in total. The van der Waals surface area contributed by atoms with E-state index in [0.29, 0.717) is 31.2 Å². The van der Waals surface area contributed by atoms with Crippen molar-refractivity contribution in [1.82, 2.24) is 5.32 Å². The van der Waals surface area contributed by atoms with Gasteiger partial charge in [0.1, 0.15) is 5.82 Å². The highest BCUT2D eigenvalue weighted by atomic mass is 19.1. The second kappa shape index (κ2) is 7.17. The standard InChI is InChI=1S/C19H22FNO5/c20-13-3-1-2-11(8-13)17(24)15-5-7-19(21-15)6-4-12(10-19)14(18(25)26)9-16(22)23/h1-3,8-9,12,15,17,21,24H,4-7,10H2,(H,22,23)(H,25,26)/b14-9-/t12?,15-,17+,19?/m1/s1. The molecule has 1 saturated carbocycles. The third-order valence-corrected chi connectivity index (χ3v) is 5.57. The van der Waals surface area contributed by atoms with Gasteiger partial charge in [-0.25, -0.2) is 14.0 Å². The molecule has 2 aliphatic rings. The summed E-state index contributed by atoms with van der Waals surface area (Å²) in [5.74, 6) is -3.20. The molecular formula is C19H22FNO5. The van der Waals surface area contributed by atoms with Crippen LogP contribution in [0.15, 0.2) is 35.9 Å². The van der Waals surface area contributed by atoms with E-state index in [0.717, 1.165) is 12.5 Å². The number of hydrogen-bond donors (Lipinski definition) is 4. The molecule has 2 unspecified atom stereocenters. The maximum Gasteiger partial charge on any atom is 0.332 e. The molecule has 3 rings (SSSR count). The Morgan fingerprint density at radius 3 is 2.65 bits per heavy atom. The fourth-order valence-electron chi connectivity index (χ4n) is 4.37. The van der Waals surface area contributed by atoms with E-state index in [-0.39, 0.29) is 23.1 Å². The van der Waals surface area contributed by atoms with Crippen LogP contribution in [0.5, 0.6) is 0 Å². The van der Waals surface area contributed by atoms with E-state index in [2.05, 4.69) is 5.32 Å². The van der Waals surface area contributed by atoms with Gasteiger partial charge in [-0.15, -0.1) is 0 Å². The van der Waals surface area contributed by atoms with Crippen LogP contribution in [0.2, 0.25) is 0 Å². The fraction of sp³-hybridized carbons (Fsp3) is 0.474. The van der Waals surface area contributed by atoms with Crippen molar-refractivity contribution in [3.05, 3.63) is 47.3 Å². The molecule has 26 heavy (non-hydrogen) atoms. The van der Waals surface area contributed by atoms with Crippen LogP contribution >= 0.6 is 0 Å². The first kappa shape index (κ1) is 18.5. The monoisotopic (exact) mass is 363 g/mol. The highest BCUT2D eigenvalue weighted by Crippen LogP contribution is 2.46. The lowest BCUT2D eigenvalue weighted by Gasteiger charge is -2.28. The van der Waals surface area contributed by atoms with Crippen molar-refractivity contribution in [2.24, 2.45) is 5.92 Å². The molecule has 1 heterocycles. The van der Waals surface area contributed by atoms with Crippen molar-refractivity contribution in [3.8, 4) is 0 Å². The van der Waals surface area contributed by atoms with Gasteiger partial charge >= 0.3 is 11.9 Å². The average molecular weight is 363 g/mol. The van der Waals surface area contributed by atoms with E-state index in [1.807, 2.05) is 0 Å². The number of benzene rings is 1. The molecule has 0 amide bonds. The molecule has 1 aliphatic heterocycles. The minimum absolute atomic E-state index is 0.0784. The summed E-state index contributed by atoms with van der Waals surface area (Å²) in [6, 6.07) is 5.62. The van der Waals surface area contributed by atoms with Crippen LogP contribution in [0.4, 0.5) is 4.39 Å². The number of carboxylic acid groups (broad SMARTS) is 2. The topological polar surface area (TPSA) is 107 Å². The van der Waals surface area contributed by atoms with E-state index < -0.39 is 23.9 Å². The molecule has 0 radical (unpaired) electrons. The molecule has 2 fully saturated rings. The minimum atomic E-state index is -1.26. The Morgan fingerprint density at radius 1 is 1.27 bits per heavy atom. The highest BCUT2D eigenvalue weighted by Gasteiger charge is 2.47. The van der Waals surface area contributed by atoms with Crippen LogP contribution in [-0.2, 0) is 9.59 Å². The summed E-state index contributed by atoms with van der Waals surface area (Å²) in [7, 11) is 0. The summed E-state index contributed by atoms with van der Waals surface area (Å²) in [5.41, 5.74) is 0.118. The number of aliphatic hydroxyl groups excluding tert-OH is 1. The summed E-state index contributed by atoms with van der Waals surface area (Å²) in [6.45, 7) is 0. The molecule has 1 aliphatic carbocycles. The van der Waals surface area contributed by atoms with Crippen molar-refractivity contribution in [3.63, 3.8) is 0 Å². The molecule has 0 aromatic heterocycles. The lowest BCUT2D eigenvalue weighted by atomic mass is 9.91. The van der Waals surface area contributed by atoms with Gasteiger partial charge in [-0.3, -0.25) is 0 Å². The number of aliphatic hydroxyl groups is 1. The maximum absolute atomic E-state index is 13.4. The van der Waals surface area contributed by atoms with Gasteiger partial charge < -0.3 is 20.6 Å². The Morgan fingerprint density at radius 2 is 2.00 bits per heavy atom. The summed E-state index contributed by atoms with van der Waals surface area (Å²) in [6.07, 6.45) is 3.20. The minimum Gasteiger partial charge on any atom is -0.478 e. The number of carboxylic acids is 2. The predicted octanol–water partition coefficient (Wildman–Crippen LogP) is 2.25. The van der Waals surface area contributed by atoms with Gasteiger partial charge in [-0.05, 0) is 55.7 Å². The number of carbonyl (C=O) groups is 2. The largest absolute Gasteiger partial charge is 0.478 e. The molecule has 7 heteroatoms. The van der Waals surface area contributed by atoms with Crippen molar-refractivity contribution >= 4 is 11.9 Å². The molecular weight excluding hydrogens is 341 g/mol. The maximum atomic E-state index is 13.4. The van der Waals surface area contributed by atoms with Crippen molar-refractivity contribution in [1.29, 1.82) is 0 Å². The molecule has 140 valence electrons. The number of rotatable bonds is 5. The Hall–Kier alpha value is -2.25.